The minimum atomic E-state index is 0.0450. The summed E-state index contributed by atoms with van der Waals surface area (Å²) in [5.41, 5.74) is 2.75. The molecule has 7 heteroatoms. The van der Waals surface area contributed by atoms with Crippen LogP contribution in [0.4, 0.5) is 11.4 Å². The minimum absolute atomic E-state index is 0.0450. The van der Waals surface area contributed by atoms with Crippen LogP contribution in [0, 0.1) is 5.92 Å². The molecule has 0 unspecified atom stereocenters. The van der Waals surface area contributed by atoms with Gasteiger partial charge >= 0.3 is 0 Å². The van der Waals surface area contributed by atoms with E-state index in [0.29, 0.717) is 18.7 Å². The van der Waals surface area contributed by atoms with Crippen LogP contribution in [0.1, 0.15) is 23.2 Å². The normalized spacial score (nSPS) is 18.1. The molecule has 1 aromatic carbocycles. The predicted molar refractivity (Wildman–Crippen MR) is 121 cm³/mol. The number of carbonyl (C=O) groups excluding carboxylic acids is 2. The number of benzene rings is 1. The van der Waals surface area contributed by atoms with Crippen molar-refractivity contribution < 1.29 is 9.59 Å². The number of likely N-dealkylation sites (tertiary alicyclic amines) is 1. The highest BCUT2D eigenvalue weighted by Crippen LogP contribution is 2.25. The van der Waals surface area contributed by atoms with Crippen LogP contribution in [0.2, 0.25) is 0 Å². The SMILES string of the molecule is CN1CCN(C(=O)C2CCN(C(=O)c3ccc(N(C)c4ccncc4)cc3)CC2)CC1. The number of hydrogen-bond donors (Lipinski definition) is 0. The summed E-state index contributed by atoms with van der Waals surface area (Å²) in [5, 5.41) is 0. The smallest absolute Gasteiger partial charge is 0.253 e. The molecule has 0 saturated carbocycles. The Labute approximate surface area is 184 Å². The third-order valence-electron chi connectivity index (χ3n) is 6.50. The quantitative estimate of drug-likeness (QED) is 0.759. The van der Waals surface area contributed by atoms with Crippen molar-refractivity contribution in [3.8, 4) is 0 Å². The topological polar surface area (TPSA) is 60.0 Å². The molecular weight excluding hydrogens is 390 g/mol. The van der Waals surface area contributed by atoms with Gasteiger partial charge < -0.3 is 19.6 Å². The summed E-state index contributed by atoms with van der Waals surface area (Å²) in [4.78, 5) is 38.0. The Kier molecular flexibility index (Phi) is 6.51. The average Bonchev–Trinajstić information content (AvgIpc) is 2.84. The number of piperidine rings is 1. The molecule has 1 aromatic heterocycles. The zero-order chi connectivity index (χ0) is 21.8. The summed E-state index contributed by atoms with van der Waals surface area (Å²) in [5.74, 6) is 0.358. The van der Waals surface area contributed by atoms with Crippen molar-refractivity contribution in [3.05, 3.63) is 54.4 Å². The van der Waals surface area contributed by atoms with Crippen molar-refractivity contribution in [2.75, 3.05) is 58.3 Å². The summed E-state index contributed by atoms with van der Waals surface area (Å²) in [7, 11) is 4.09. The molecule has 0 N–H and O–H groups in total. The first-order chi connectivity index (χ1) is 15.0. The molecule has 2 amide bonds. The van der Waals surface area contributed by atoms with Gasteiger partial charge in [0.2, 0.25) is 5.91 Å². The maximum Gasteiger partial charge on any atom is 0.253 e. The van der Waals surface area contributed by atoms with Crippen LogP contribution < -0.4 is 4.90 Å². The monoisotopic (exact) mass is 421 g/mol. The molecule has 2 fully saturated rings. The van der Waals surface area contributed by atoms with Crippen molar-refractivity contribution in [1.82, 2.24) is 19.7 Å². The summed E-state index contributed by atoms with van der Waals surface area (Å²) in [6.07, 6.45) is 5.03. The molecule has 0 radical (unpaired) electrons. The number of rotatable bonds is 4. The van der Waals surface area contributed by atoms with Crippen LogP contribution in [0.15, 0.2) is 48.8 Å². The van der Waals surface area contributed by atoms with E-state index in [4.69, 9.17) is 0 Å². The second-order valence-corrected chi connectivity index (χ2v) is 8.51. The highest BCUT2D eigenvalue weighted by Gasteiger charge is 2.31. The van der Waals surface area contributed by atoms with Gasteiger partial charge in [0, 0.05) is 81.6 Å². The molecule has 2 aliphatic heterocycles. The summed E-state index contributed by atoms with van der Waals surface area (Å²) >= 11 is 0. The summed E-state index contributed by atoms with van der Waals surface area (Å²) in [6, 6.07) is 11.6. The molecule has 31 heavy (non-hydrogen) atoms. The van der Waals surface area contributed by atoms with E-state index in [9.17, 15) is 9.59 Å². The van der Waals surface area contributed by atoms with Crippen LogP contribution in [-0.4, -0.2) is 84.9 Å². The van der Waals surface area contributed by atoms with Crippen LogP contribution in [0.25, 0.3) is 0 Å². The highest BCUT2D eigenvalue weighted by molar-refractivity contribution is 5.95. The van der Waals surface area contributed by atoms with E-state index >= 15 is 0 Å². The molecule has 2 aromatic rings. The van der Waals surface area contributed by atoms with Gasteiger partial charge in [0.1, 0.15) is 0 Å². The number of carbonyl (C=O) groups is 2. The highest BCUT2D eigenvalue weighted by atomic mass is 16.2. The fourth-order valence-electron chi connectivity index (χ4n) is 4.34. The van der Waals surface area contributed by atoms with Crippen molar-refractivity contribution in [3.63, 3.8) is 0 Å². The van der Waals surface area contributed by atoms with Gasteiger partial charge in [0.05, 0.1) is 0 Å². The van der Waals surface area contributed by atoms with E-state index in [0.717, 1.165) is 50.4 Å². The first kappa shape index (κ1) is 21.3. The second-order valence-electron chi connectivity index (χ2n) is 8.51. The van der Waals surface area contributed by atoms with Gasteiger partial charge in [0.15, 0.2) is 0 Å². The van der Waals surface area contributed by atoms with Gasteiger partial charge in [-0.25, -0.2) is 0 Å². The number of aromatic nitrogens is 1. The largest absolute Gasteiger partial charge is 0.345 e. The third-order valence-corrected chi connectivity index (χ3v) is 6.50. The number of nitrogens with zero attached hydrogens (tertiary/aromatic N) is 5. The number of piperazine rings is 1. The van der Waals surface area contributed by atoms with Crippen molar-refractivity contribution in [1.29, 1.82) is 0 Å². The number of anilines is 2. The summed E-state index contributed by atoms with van der Waals surface area (Å²) < 4.78 is 0. The van der Waals surface area contributed by atoms with Gasteiger partial charge in [-0.1, -0.05) is 0 Å². The van der Waals surface area contributed by atoms with Crippen LogP contribution in [-0.2, 0) is 4.79 Å². The molecule has 3 heterocycles. The number of hydrogen-bond acceptors (Lipinski definition) is 5. The maximum absolute atomic E-state index is 13.0. The Bertz CT molecular complexity index is 886. The molecule has 0 spiro atoms. The Morgan fingerprint density at radius 1 is 0.839 bits per heavy atom. The van der Waals surface area contributed by atoms with Crippen molar-refractivity contribution in [2.45, 2.75) is 12.8 Å². The van der Waals surface area contributed by atoms with E-state index in [-0.39, 0.29) is 17.7 Å². The van der Waals surface area contributed by atoms with Crippen molar-refractivity contribution in [2.24, 2.45) is 5.92 Å². The van der Waals surface area contributed by atoms with E-state index in [1.807, 2.05) is 53.2 Å². The minimum Gasteiger partial charge on any atom is -0.345 e. The fraction of sp³-hybridized carbons (Fsp3) is 0.458. The lowest BCUT2D eigenvalue weighted by Gasteiger charge is -2.37. The maximum atomic E-state index is 13.0. The fourth-order valence-corrected chi connectivity index (χ4v) is 4.34. The Morgan fingerprint density at radius 2 is 1.42 bits per heavy atom. The molecule has 4 rings (SSSR count). The zero-order valence-electron chi connectivity index (χ0n) is 18.4. The molecule has 7 nitrogen and oxygen atoms in total. The average molecular weight is 422 g/mol. The van der Waals surface area contributed by atoms with E-state index in [1.165, 1.54) is 0 Å². The standard InChI is InChI=1S/C24H31N5O2/c1-26-15-17-29(18-16-26)24(31)20-9-13-28(14-10-20)23(30)19-3-5-21(6-4-19)27(2)22-7-11-25-12-8-22/h3-8,11-12,20H,9-10,13-18H2,1-2H3. The number of likely N-dealkylation sites (N-methyl/N-ethyl adjacent to an activating group) is 1. The Hall–Kier alpha value is -2.93. The van der Waals surface area contributed by atoms with Gasteiger partial charge in [-0.2, -0.15) is 0 Å². The third kappa shape index (κ3) is 4.88. The first-order valence-corrected chi connectivity index (χ1v) is 11.0. The van der Waals surface area contributed by atoms with Gasteiger partial charge in [0.25, 0.3) is 5.91 Å². The molecule has 0 atom stereocenters. The molecule has 164 valence electrons. The summed E-state index contributed by atoms with van der Waals surface area (Å²) in [6.45, 7) is 4.79. The van der Waals surface area contributed by atoms with Crippen LogP contribution in [0.5, 0.6) is 0 Å². The van der Waals surface area contributed by atoms with Crippen LogP contribution in [0.3, 0.4) is 0 Å². The molecule has 2 aliphatic rings. The lowest BCUT2D eigenvalue weighted by atomic mass is 9.94. The van der Waals surface area contributed by atoms with Gasteiger partial charge in [-0.3, -0.25) is 14.6 Å². The van der Waals surface area contributed by atoms with Crippen LogP contribution >= 0.6 is 0 Å². The number of amides is 2. The van der Waals surface area contributed by atoms with Crippen molar-refractivity contribution >= 4 is 23.2 Å². The Balaban J connectivity index is 1.32. The van der Waals surface area contributed by atoms with E-state index < -0.39 is 0 Å². The molecule has 0 bridgehead atoms. The number of pyridine rings is 1. The zero-order valence-corrected chi connectivity index (χ0v) is 18.4. The molecule has 2 saturated heterocycles. The molecule has 0 aliphatic carbocycles. The van der Waals surface area contributed by atoms with Gasteiger partial charge in [-0.15, -0.1) is 0 Å². The first-order valence-electron chi connectivity index (χ1n) is 11.0. The lowest BCUT2D eigenvalue weighted by Crippen LogP contribution is -2.51. The second kappa shape index (κ2) is 9.47. The lowest BCUT2D eigenvalue weighted by molar-refractivity contribution is -0.138. The molecular formula is C24H31N5O2. The van der Waals surface area contributed by atoms with E-state index in [1.54, 1.807) is 12.4 Å². The van der Waals surface area contributed by atoms with Gasteiger partial charge in [-0.05, 0) is 56.3 Å². The predicted octanol–water partition coefficient (Wildman–Crippen LogP) is 2.48. The van der Waals surface area contributed by atoms with E-state index in [2.05, 4.69) is 21.8 Å². The Morgan fingerprint density at radius 3 is 2.03 bits per heavy atom.